The van der Waals surface area contributed by atoms with E-state index < -0.39 is 0 Å². The summed E-state index contributed by atoms with van der Waals surface area (Å²) < 4.78 is 11.5. The van der Waals surface area contributed by atoms with Gasteiger partial charge in [0.05, 0.1) is 24.1 Å². The van der Waals surface area contributed by atoms with Crippen LogP contribution in [0, 0.1) is 6.92 Å². The molecule has 0 aromatic carbocycles. The molecule has 0 radical (unpaired) electrons. The predicted octanol–water partition coefficient (Wildman–Crippen LogP) is 3.10. The molecule has 3 aromatic rings. The van der Waals surface area contributed by atoms with E-state index in [9.17, 15) is 4.79 Å². The van der Waals surface area contributed by atoms with Crippen LogP contribution in [0.4, 0.5) is 5.82 Å². The minimum absolute atomic E-state index is 0.0245. The lowest BCUT2D eigenvalue weighted by molar-refractivity contribution is -0.0228. The van der Waals surface area contributed by atoms with E-state index in [0.29, 0.717) is 48.0 Å². The molecule has 29 heavy (non-hydrogen) atoms. The number of anilines is 1. The van der Waals surface area contributed by atoms with Gasteiger partial charge in [-0.3, -0.25) is 9.78 Å². The number of morpholine rings is 1. The molecular weight excluding hydrogens is 370 g/mol. The summed E-state index contributed by atoms with van der Waals surface area (Å²) in [6.07, 6.45) is 6.96. The molecule has 1 saturated heterocycles. The van der Waals surface area contributed by atoms with E-state index in [1.807, 2.05) is 19.1 Å². The normalized spacial score (nSPS) is 20.6. The molecule has 5 rings (SSSR count). The molecular formula is C21H23N5O3. The van der Waals surface area contributed by atoms with Crippen molar-refractivity contribution >= 4 is 22.8 Å². The van der Waals surface area contributed by atoms with Gasteiger partial charge in [-0.05, 0) is 44.4 Å². The van der Waals surface area contributed by atoms with Gasteiger partial charge in [-0.2, -0.15) is 4.98 Å². The Bertz CT molecular complexity index is 1060. The van der Waals surface area contributed by atoms with Crippen LogP contribution in [0.25, 0.3) is 11.1 Å². The average Bonchev–Trinajstić information content (AvgIpc) is 3.30. The second-order valence-electron chi connectivity index (χ2n) is 8.03. The lowest BCUT2D eigenvalue weighted by Crippen LogP contribution is -2.42. The lowest BCUT2D eigenvalue weighted by Gasteiger charge is -2.33. The fourth-order valence-corrected chi connectivity index (χ4v) is 3.68. The molecule has 2 fully saturated rings. The zero-order valence-corrected chi connectivity index (χ0v) is 16.5. The maximum Gasteiger partial charge on any atom is 0.258 e. The SMILES string of the molecule is Cc1nc(NC2(C)CC2)c2c(C(=O)N3CCOC(c4ccncc4)C3)coc2n1. The molecule has 3 aromatic heterocycles. The summed E-state index contributed by atoms with van der Waals surface area (Å²) in [5.41, 5.74) is 1.96. The van der Waals surface area contributed by atoms with Crippen LogP contribution in [0.3, 0.4) is 0 Å². The van der Waals surface area contributed by atoms with Crippen LogP contribution in [-0.4, -0.2) is 51.0 Å². The van der Waals surface area contributed by atoms with E-state index in [-0.39, 0.29) is 17.6 Å². The van der Waals surface area contributed by atoms with Crippen molar-refractivity contribution in [2.24, 2.45) is 0 Å². The first-order chi connectivity index (χ1) is 14.0. The Kier molecular flexibility index (Phi) is 4.24. The third kappa shape index (κ3) is 3.44. The first-order valence-corrected chi connectivity index (χ1v) is 9.87. The highest BCUT2D eigenvalue weighted by Gasteiger charge is 2.39. The van der Waals surface area contributed by atoms with Gasteiger partial charge in [0, 0.05) is 24.5 Å². The maximum atomic E-state index is 13.4. The van der Waals surface area contributed by atoms with Crippen molar-refractivity contribution in [3.05, 3.63) is 47.7 Å². The highest BCUT2D eigenvalue weighted by molar-refractivity contribution is 6.09. The van der Waals surface area contributed by atoms with Crippen molar-refractivity contribution in [1.82, 2.24) is 19.9 Å². The first kappa shape index (κ1) is 18.1. The van der Waals surface area contributed by atoms with Crippen LogP contribution in [0.1, 0.15) is 47.6 Å². The molecule has 0 bridgehead atoms. The summed E-state index contributed by atoms with van der Waals surface area (Å²) in [4.78, 5) is 28.2. The van der Waals surface area contributed by atoms with Crippen molar-refractivity contribution < 1.29 is 13.9 Å². The molecule has 4 heterocycles. The average molecular weight is 393 g/mol. The number of carbonyl (C=O) groups excluding carboxylic acids is 1. The summed E-state index contributed by atoms with van der Waals surface area (Å²) in [6, 6.07) is 3.84. The quantitative estimate of drug-likeness (QED) is 0.728. The topological polar surface area (TPSA) is 93.4 Å². The predicted molar refractivity (Wildman–Crippen MR) is 107 cm³/mol. The Hall–Kier alpha value is -3.00. The Morgan fingerprint density at radius 1 is 1.28 bits per heavy atom. The Morgan fingerprint density at radius 2 is 2.07 bits per heavy atom. The number of amides is 1. The number of aromatic nitrogens is 3. The van der Waals surface area contributed by atoms with Crippen LogP contribution in [0.5, 0.6) is 0 Å². The van der Waals surface area contributed by atoms with E-state index >= 15 is 0 Å². The Labute approximate surface area is 168 Å². The largest absolute Gasteiger partial charge is 0.445 e. The van der Waals surface area contributed by atoms with Crippen molar-refractivity contribution in [1.29, 1.82) is 0 Å². The van der Waals surface area contributed by atoms with Gasteiger partial charge in [0.1, 0.15) is 24.0 Å². The first-order valence-electron chi connectivity index (χ1n) is 9.87. The van der Waals surface area contributed by atoms with Crippen LogP contribution in [-0.2, 0) is 4.74 Å². The maximum absolute atomic E-state index is 13.4. The highest BCUT2D eigenvalue weighted by atomic mass is 16.5. The number of hydrogen-bond acceptors (Lipinski definition) is 7. The fraction of sp³-hybridized carbons (Fsp3) is 0.429. The highest BCUT2D eigenvalue weighted by Crippen LogP contribution is 2.40. The fourth-order valence-electron chi connectivity index (χ4n) is 3.68. The van der Waals surface area contributed by atoms with E-state index in [4.69, 9.17) is 9.15 Å². The molecule has 1 saturated carbocycles. The third-order valence-corrected chi connectivity index (χ3v) is 5.63. The number of nitrogens with one attached hydrogen (secondary N) is 1. The third-order valence-electron chi connectivity index (χ3n) is 5.63. The van der Waals surface area contributed by atoms with Gasteiger partial charge in [-0.25, -0.2) is 4.98 Å². The number of pyridine rings is 1. The number of fused-ring (bicyclic) bond motifs is 1. The lowest BCUT2D eigenvalue weighted by atomic mass is 10.1. The van der Waals surface area contributed by atoms with Gasteiger partial charge >= 0.3 is 0 Å². The van der Waals surface area contributed by atoms with Gasteiger partial charge in [0.15, 0.2) is 0 Å². The summed E-state index contributed by atoms with van der Waals surface area (Å²) in [5, 5.41) is 4.13. The zero-order valence-electron chi connectivity index (χ0n) is 16.5. The van der Waals surface area contributed by atoms with Crippen molar-refractivity contribution in [2.45, 2.75) is 38.3 Å². The summed E-state index contributed by atoms with van der Waals surface area (Å²) >= 11 is 0. The minimum atomic E-state index is -0.171. The van der Waals surface area contributed by atoms with Gasteiger partial charge in [0.25, 0.3) is 5.91 Å². The molecule has 1 atom stereocenters. The molecule has 150 valence electrons. The van der Waals surface area contributed by atoms with Crippen molar-refractivity contribution in [3.63, 3.8) is 0 Å². The molecule has 8 nitrogen and oxygen atoms in total. The van der Waals surface area contributed by atoms with E-state index in [0.717, 1.165) is 18.4 Å². The second kappa shape index (κ2) is 6.81. The number of aryl methyl sites for hydroxylation is 1. The van der Waals surface area contributed by atoms with Crippen molar-refractivity contribution in [2.75, 3.05) is 25.0 Å². The minimum Gasteiger partial charge on any atom is -0.445 e. The smallest absolute Gasteiger partial charge is 0.258 e. The standard InChI is InChI=1S/C21H23N5O3/c1-13-23-18(25-21(2)5-6-21)17-15(12-29-19(17)24-13)20(27)26-9-10-28-16(11-26)14-3-7-22-8-4-14/h3-4,7-8,12,16H,5-6,9-11H2,1-2H3,(H,23,24,25). The van der Waals surface area contributed by atoms with E-state index in [1.54, 1.807) is 17.3 Å². The Morgan fingerprint density at radius 3 is 2.83 bits per heavy atom. The number of rotatable bonds is 4. The van der Waals surface area contributed by atoms with Gasteiger partial charge in [0.2, 0.25) is 5.71 Å². The monoisotopic (exact) mass is 393 g/mol. The molecule has 1 unspecified atom stereocenters. The van der Waals surface area contributed by atoms with E-state index in [2.05, 4.69) is 27.2 Å². The summed E-state index contributed by atoms with van der Waals surface area (Å²) in [7, 11) is 0. The van der Waals surface area contributed by atoms with Crippen LogP contribution >= 0.6 is 0 Å². The van der Waals surface area contributed by atoms with Gasteiger partial charge < -0.3 is 19.4 Å². The van der Waals surface area contributed by atoms with Crippen LogP contribution in [0.15, 0.2) is 35.2 Å². The number of ether oxygens (including phenoxy) is 1. The molecule has 0 spiro atoms. The number of hydrogen-bond donors (Lipinski definition) is 1. The molecule has 1 aliphatic carbocycles. The molecule has 1 N–H and O–H groups in total. The molecule has 1 aliphatic heterocycles. The summed E-state index contributed by atoms with van der Waals surface area (Å²) in [5.74, 6) is 1.19. The van der Waals surface area contributed by atoms with Gasteiger partial charge in [-0.15, -0.1) is 0 Å². The van der Waals surface area contributed by atoms with Crippen molar-refractivity contribution in [3.8, 4) is 0 Å². The zero-order chi connectivity index (χ0) is 20.0. The molecule has 2 aliphatic rings. The number of carbonyl (C=O) groups is 1. The van der Waals surface area contributed by atoms with Gasteiger partial charge in [-0.1, -0.05) is 0 Å². The number of nitrogens with zero attached hydrogens (tertiary/aromatic N) is 4. The van der Waals surface area contributed by atoms with E-state index in [1.165, 1.54) is 6.26 Å². The molecule has 1 amide bonds. The summed E-state index contributed by atoms with van der Waals surface area (Å²) in [6.45, 7) is 5.46. The second-order valence-corrected chi connectivity index (χ2v) is 8.03. The molecule has 8 heteroatoms. The number of furan rings is 1. The van der Waals surface area contributed by atoms with Crippen LogP contribution in [0.2, 0.25) is 0 Å². The van der Waals surface area contributed by atoms with Crippen LogP contribution < -0.4 is 5.32 Å². The Balaban J connectivity index is 1.46.